The molecular weight excluding hydrogens is 206 g/mol. The molecule has 2 aliphatic rings. The molecule has 0 saturated carbocycles. The first kappa shape index (κ1) is 11.4. The van der Waals surface area contributed by atoms with Crippen LogP contribution in [-0.2, 0) is 4.79 Å². The van der Waals surface area contributed by atoms with Gasteiger partial charge >= 0.3 is 6.03 Å². The summed E-state index contributed by atoms with van der Waals surface area (Å²) in [6, 6.07) is -0.463. The van der Waals surface area contributed by atoms with Crippen LogP contribution in [0.15, 0.2) is 0 Å². The Labute approximate surface area is 95.6 Å². The zero-order valence-electron chi connectivity index (χ0n) is 9.82. The van der Waals surface area contributed by atoms with E-state index >= 15 is 0 Å². The standard InChI is InChI=1S/C11H19N3O2/c1-7(2)9-10(15)14(11(16)13-9)8-3-5-12-6-4-8/h7-9,12H,3-6H2,1-2H3,(H,13,16). The monoisotopic (exact) mass is 225 g/mol. The van der Waals surface area contributed by atoms with E-state index in [1.807, 2.05) is 13.8 Å². The minimum Gasteiger partial charge on any atom is -0.326 e. The van der Waals surface area contributed by atoms with E-state index in [-0.39, 0.29) is 29.9 Å². The van der Waals surface area contributed by atoms with Crippen LogP contribution in [0.4, 0.5) is 4.79 Å². The summed E-state index contributed by atoms with van der Waals surface area (Å²) in [6.45, 7) is 5.67. The molecule has 90 valence electrons. The maximum atomic E-state index is 12.1. The van der Waals surface area contributed by atoms with Gasteiger partial charge in [-0.3, -0.25) is 9.69 Å². The Balaban J connectivity index is 2.09. The highest BCUT2D eigenvalue weighted by molar-refractivity contribution is 6.04. The number of rotatable bonds is 2. The average molecular weight is 225 g/mol. The van der Waals surface area contributed by atoms with E-state index in [2.05, 4.69) is 10.6 Å². The number of piperidine rings is 1. The lowest BCUT2D eigenvalue weighted by Crippen LogP contribution is -2.46. The summed E-state index contributed by atoms with van der Waals surface area (Å²) in [7, 11) is 0. The van der Waals surface area contributed by atoms with Crippen molar-refractivity contribution in [2.75, 3.05) is 13.1 Å². The van der Waals surface area contributed by atoms with Gasteiger partial charge in [-0.25, -0.2) is 4.79 Å². The van der Waals surface area contributed by atoms with Crippen LogP contribution < -0.4 is 10.6 Å². The Hall–Kier alpha value is -1.10. The summed E-state index contributed by atoms with van der Waals surface area (Å²) in [5, 5.41) is 6.00. The van der Waals surface area contributed by atoms with Crippen molar-refractivity contribution < 1.29 is 9.59 Å². The molecule has 5 nitrogen and oxygen atoms in total. The Kier molecular flexibility index (Phi) is 3.14. The van der Waals surface area contributed by atoms with Crippen LogP contribution in [0, 0.1) is 5.92 Å². The highest BCUT2D eigenvalue weighted by atomic mass is 16.2. The second-order valence-electron chi connectivity index (χ2n) is 4.86. The molecule has 0 aliphatic carbocycles. The fraction of sp³-hybridized carbons (Fsp3) is 0.818. The molecule has 0 spiro atoms. The number of urea groups is 1. The highest BCUT2D eigenvalue weighted by Gasteiger charge is 2.43. The first-order chi connectivity index (χ1) is 7.61. The van der Waals surface area contributed by atoms with Crippen molar-refractivity contribution in [2.24, 2.45) is 5.92 Å². The molecule has 2 saturated heterocycles. The Morgan fingerprint density at radius 3 is 2.38 bits per heavy atom. The minimum absolute atomic E-state index is 0.0492. The van der Waals surface area contributed by atoms with Gasteiger partial charge in [-0.05, 0) is 31.8 Å². The first-order valence-corrected chi connectivity index (χ1v) is 5.95. The molecule has 0 aromatic carbocycles. The molecule has 2 heterocycles. The molecular formula is C11H19N3O2. The van der Waals surface area contributed by atoms with Gasteiger partial charge in [-0.2, -0.15) is 0 Å². The average Bonchev–Trinajstić information content (AvgIpc) is 2.56. The van der Waals surface area contributed by atoms with Gasteiger partial charge < -0.3 is 10.6 Å². The van der Waals surface area contributed by atoms with Crippen molar-refractivity contribution in [2.45, 2.75) is 38.8 Å². The number of nitrogens with zero attached hydrogens (tertiary/aromatic N) is 1. The molecule has 5 heteroatoms. The zero-order valence-corrected chi connectivity index (χ0v) is 9.82. The predicted octanol–water partition coefficient (Wildman–Crippen LogP) is 0.315. The summed E-state index contributed by atoms with van der Waals surface area (Å²) >= 11 is 0. The summed E-state index contributed by atoms with van der Waals surface area (Å²) in [5.74, 6) is 0.107. The maximum absolute atomic E-state index is 12.1. The molecule has 0 radical (unpaired) electrons. The third-order valence-electron chi connectivity index (χ3n) is 3.34. The molecule has 0 bridgehead atoms. The quantitative estimate of drug-likeness (QED) is 0.665. The van der Waals surface area contributed by atoms with E-state index < -0.39 is 0 Å². The van der Waals surface area contributed by atoms with Crippen LogP contribution in [0.5, 0.6) is 0 Å². The molecule has 0 aromatic heterocycles. The topological polar surface area (TPSA) is 61.4 Å². The van der Waals surface area contributed by atoms with E-state index in [0.29, 0.717) is 0 Å². The Morgan fingerprint density at radius 2 is 1.88 bits per heavy atom. The molecule has 0 aromatic rings. The number of hydrogen-bond acceptors (Lipinski definition) is 3. The van der Waals surface area contributed by atoms with Gasteiger partial charge in [0.15, 0.2) is 0 Å². The van der Waals surface area contributed by atoms with E-state index in [1.165, 1.54) is 4.90 Å². The molecule has 1 unspecified atom stereocenters. The second kappa shape index (κ2) is 4.41. The third kappa shape index (κ3) is 1.91. The van der Waals surface area contributed by atoms with Crippen LogP contribution in [0.3, 0.4) is 0 Å². The van der Waals surface area contributed by atoms with Crippen molar-refractivity contribution in [3.63, 3.8) is 0 Å². The van der Waals surface area contributed by atoms with Crippen LogP contribution in [0.2, 0.25) is 0 Å². The smallest absolute Gasteiger partial charge is 0.325 e. The van der Waals surface area contributed by atoms with E-state index in [0.717, 1.165) is 25.9 Å². The number of hydrogen-bond donors (Lipinski definition) is 2. The predicted molar refractivity (Wildman–Crippen MR) is 59.9 cm³/mol. The summed E-state index contributed by atoms with van der Waals surface area (Å²) < 4.78 is 0. The molecule has 2 fully saturated rings. The van der Waals surface area contributed by atoms with Crippen molar-refractivity contribution in [3.05, 3.63) is 0 Å². The van der Waals surface area contributed by atoms with Gasteiger partial charge in [0.05, 0.1) is 0 Å². The number of amides is 3. The Bertz CT molecular complexity index is 298. The van der Waals surface area contributed by atoms with E-state index in [4.69, 9.17) is 0 Å². The lowest BCUT2D eigenvalue weighted by Gasteiger charge is -2.29. The van der Waals surface area contributed by atoms with Crippen molar-refractivity contribution in [1.29, 1.82) is 0 Å². The molecule has 1 atom stereocenters. The maximum Gasteiger partial charge on any atom is 0.325 e. The summed E-state index contributed by atoms with van der Waals surface area (Å²) in [5.41, 5.74) is 0. The van der Waals surface area contributed by atoms with Crippen LogP contribution in [-0.4, -0.2) is 42.0 Å². The van der Waals surface area contributed by atoms with E-state index in [1.54, 1.807) is 0 Å². The van der Waals surface area contributed by atoms with Gasteiger partial charge in [0.2, 0.25) is 0 Å². The number of nitrogens with one attached hydrogen (secondary N) is 2. The minimum atomic E-state index is -0.331. The molecule has 2 aliphatic heterocycles. The van der Waals surface area contributed by atoms with Crippen molar-refractivity contribution >= 4 is 11.9 Å². The van der Waals surface area contributed by atoms with Crippen molar-refractivity contribution in [3.8, 4) is 0 Å². The van der Waals surface area contributed by atoms with Gasteiger partial charge in [0, 0.05) is 6.04 Å². The van der Waals surface area contributed by atoms with Crippen LogP contribution >= 0.6 is 0 Å². The van der Waals surface area contributed by atoms with Crippen LogP contribution in [0.25, 0.3) is 0 Å². The molecule has 2 N–H and O–H groups in total. The van der Waals surface area contributed by atoms with Gasteiger partial charge in [0.25, 0.3) is 5.91 Å². The van der Waals surface area contributed by atoms with Gasteiger partial charge in [-0.1, -0.05) is 13.8 Å². The van der Waals surface area contributed by atoms with Crippen molar-refractivity contribution in [1.82, 2.24) is 15.5 Å². The number of carbonyl (C=O) groups excluding carboxylic acids is 2. The van der Waals surface area contributed by atoms with Gasteiger partial charge in [0.1, 0.15) is 6.04 Å². The van der Waals surface area contributed by atoms with E-state index in [9.17, 15) is 9.59 Å². The number of carbonyl (C=O) groups is 2. The normalized spacial score (nSPS) is 27.7. The molecule has 2 rings (SSSR count). The largest absolute Gasteiger partial charge is 0.326 e. The Morgan fingerprint density at radius 1 is 1.25 bits per heavy atom. The second-order valence-corrected chi connectivity index (χ2v) is 4.86. The third-order valence-corrected chi connectivity index (χ3v) is 3.34. The lowest BCUT2D eigenvalue weighted by molar-refractivity contribution is -0.130. The fourth-order valence-electron chi connectivity index (χ4n) is 2.38. The lowest BCUT2D eigenvalue weighted by atomic mass is 10.0. The molecule has 16 heavy (non-hydrogen) atoms. The first-order valence-electron chi connectivity index (χ1n) is 5.95. The van der Waals surface area contributed by atoms with Gasteiger partial charge in [-0.15, -0.1) is 0 Å². The summed E-state index contributed by atoms with van der Waals surface area (Å²) in [4.78, 5) is 25.3. The fourth-order valence-corrected chi connectivity index (χ4v) is 2.38. The van der Waals surface area contributed by atoms with Crippen LogP contribution in [0.1, 0.15) is 26.7 Å². The zero-order chi connectivity index (χ0) is 11.7. The SMILES string of the molecule is CC(C)C1NC(=O)N(C2CCNCC2)C1=O. The highest BCUT2D eigenvalue weighted by Crippen LogP contribution is 2.20. The number of imide groups is 1. The molecule has 3 amide bonds. The summed E-state index contributed by atoms with van der Waals surface area (Å²) in [6.07, 6.45) is 1.73.